The Balaban J connectivity index is 1.74. The highest BCUT2D eigenvalue weighted by Crippen LogP contribution is 2.33. The molecule has 1 aliphatic heterocycles. The summed E-state index contributed by atoms with van der Waals surface area (Å²) in [6, 6.07) is 14.8. The number of ether oxygens (including phenoxy) is 2. The minimum atomic E-state index is -3.29. The molecule has 4 rings (SSSR count). The van der Waals surface area contributed by atoms with Gasteiger partial charge in [0.05, 0.1) is 37.2 Å². The Hall–Kier alpha value is -3.17. The maximum Gasteiger partial charge on any atom is 0.254 e. The fraction of sp³-hybridized carbons (Fsp3) is 0.333. The monoisotopic (exact) mass is 469 g/mol. The molecule has 9 heteroatoms. The van der Waals surface area contributed by atoms with Gasteiger partial charge in [-0.15, -0.1) is 0 Å². The summed E-state index contributed by atoms with van der Waals surface area (Å²) in [7, 11) is -0.139. The topological polar surface area (TPSA) is 89.0 Å². The molecule has 1 fully saturated rings. The van der Waals surface area contributed by atoms with Gasteiger partial charge in [-0.1, -0.05) is 18.2 Å². The molecule has 1 aliphatic rings. The van der Waals surface area contributed by atoms with Crippen LogP contribution in [0.5, 0.6) is 11.5 Å². The summed E-state index contributed by atoms with van der Waals surface area (Å²) in [5, 5.41) is 0.760. The molecule has 1 saturated heterocycles. The summed E-state index contributed by atoms with van der Waals surface area (Å²) >= 11 is 0. The van der Waals surface area contributed by atoms with Gasteiger partial charge >= 0.3 is 0 Å². The number of carbonyl (C=O) groups excluding carboxylic acids is 1. The van der Waals surface area contributed by atoms with Crippen molar-refractivity contribution in [1.82, 2.24) is 14.2 Å². The van der Waals surface area contributed by atoms with Crippen molar-refractivity contribution in [2.45, 2.75) is 6.42 Å². The van der Waals surface area contributed by atoms with Crippen molar-refractivity contribution >= 4 is 26.8 Å². The van der Waals surface area contributed by atoms with E-state index in [9.17, 15) is 13.2 Å². The van der Waals surface area contributed by atoms with E-state index in [1.54, 1.807) is 31.3 Å². The number of para-hydroxylation sites is 1. The van der Waals surface area contributed by atoms with Crippen LogP contribution in [0.3, 0.4) is 0 Å². The average Bonchev–Trinajstić information content (AvgIpc) is 3.09. The molecule has 0 bridgehead atoms. The Bertz CT molecular complexity index is 1290. The predicted molar refractivity (Wildman–Crippen MR) is 127 cm³/mol. The number of hydrogen-bond donors (Lipinski definition) is 0. The van der Waals surface area contributed by atoms with Crippen LogP contribution < -0.4 is 9.47 Å². The van der Waals surface area contributed by atoms with E-state index in [0.29, 0.717) is 54.3 Å². The van der Waals surface area contributed by atoms with Crippen LogP contribution in [0.25, 0.3) is 22.2 Å². The van der Waals surface area contributed by atoms with E-state index in [1.165, 1.54) is 10.6 Å². The van der Waals surface area contributed by atoms with Gasteiger partial charge in [-0.25, -0.2) is 17.7 Å². The third-order valence-electron chi connectivity index (χ3n) is 5.84. The summed E-state index contributed by atoms with van der Waals surface area (Å²) in [5.41, 5.74) is 2.69. The third-order valence-corrected chi connectivity index (χ3v) is 7.14. The molecule has 8 nitrogen and oxygen atoms in total. The number of amides is 1. The molecule has 0 atom stereocenters. The molecule has 1 aromatic heterocycles. The zero-order valence-corrected chi connectivity index (χ0v) is 19.8. The molecule has 1 amide bonds. The summed E-state index contributed by atoms with van der Waals surface area (Å²) in [5.74, 6) is 1.05. The van der Waals surface area contributed by atoms with Crippen LogP contribution in [-0.4, -0.2) is 75.2 Å². The van der Waals surface area contributed by atoms with E-state index < -0.39 is 10.0 Å². The van der Waals surface area contributed by atoms with Gasteiger partial charge in [0.1, 0.15) is 0 Å². The molecule has 0 saturated carbocycles. The molecule has 0 N–H and O–H groups in total. The molecule has 2 heterocycles. The lowest BCUT2D eigenvalue weighted by molar-refractivity contribution is 0.0766. The molecule has 3 aromatic rings. The third kappa shape index (κ3) is 4.79. The van der Waals surface area contributed by atoms with Crippen molar-refractivity contribution in [3.63, 3.8) is 0 Å². The first-order valence-corrected chi connectivity index (χ1v) is 12.5. The molecule has 174 valence electrons. The summed E-state index contributed by atoms with van der Waals surface area (Å²) in [6.07, 6.45) is 1.79. The Morgan fingerprint density at radius 1 is 0.939 bits per heavy atom. The smallest absolute Gasteiger partial charge is 0.254 e. The van der Waals surface area contributed by atoms with Crippen LogP contribution in [0.15, 0.2) is 48.5 Å². The Morgan fingerprint density at radius 2 is 1.70 bits per heavy atom. The number of pyridine rings is 1. The van der Waals surface area contributed by atoms with E-state index in [1.807, 2.05) is 36.4 Å². The lowest BCUT2D eigenvalue weighted by Gasteiger charge is -2.22. The highest BCUT2D eigenvalue weighted by atomic mass is 32.2. The predicted octanol–water partition coefficient (Wildman–Crippen LogP) is 3.03. The first-order valence-electron chi connectivity index (χ1n) is 10.7. The zero-order valence-electron chi connectivity index (χ0n) is 18.9. The molecule has 33 heavy (non-hydrogen) atoms. The molecular weight excluding hydrogens is 442 g/mol. The molecule has 0 unspecified atom stereocenters. The van der Waals surface area contributed by atoms with Crippen molar-refractivity contribution in [3.05, 3.63) is 54.1 Å². The number of methoxy groups -OCH3 is 2. The van der Waals surface area contributed by atoms with Crippen molar-refractivity contribution < 1.29 is 22.7 Å². The highest BCUT2D eigenvalue weighted by molar-refractivity contribution is 7.88. The largest absolute Gasteiger partial charge is 0.493 e. The van der Waals surface area contributed by atoms with Crippen molar-refractivity contribution in [2.24, 2.45) is 0 Å². The SMILES string of the molecule is COc1ccc(-c2cc(C(=O)N3CCCN(S(C)(=O)=O)CC3)c3ccccc3n2)cc1OC. The molecule has 0 spiro atoms. The molecular formula is C24H27N3O5S. The van der Waals surface area contributed by atoms with Crippen LogP contribution in [0.4, 0.5) is 0 Å². The molecule has 0 aliphatic carbocycles. The second-order valence-corrected chi connectivity index (χ2v) is 9.93. The van der Waals surface area contributed by atoms with Gasteiger partial charge in [0.15, 0.2) is 11.5 Å². The number of sulfonamides is 1. The standard InChI is InChI=1S/C24H27N3O5S/c1-31-22-10-9-17(15-23(22)32-2)21-16-19(18-7-4-5-8-20(18)25-21)24(28)26-11-6-12-27(14-13-26)33(3,29)30/h4-5,7-10,15-16H,6,11-14H2,1-3H3. The van der Waals surface area contributed by atoms with Crippen molar-refractivity contribution in [2.75, 3.05) is 46.7 Å². The fourth-order valence-corrected chi connectivity index (χ4v) is 4.97. The Labute approximate surface area is 193 Å². The molecule has 2 aromatic carbocycles. The van der Waals surface area contributed by atoms with E-state index in [4.69, 9.17) is 14.5 Å². The maximum absolute atomic E-state index is 13.6. The lowest BCUT2D eigenvalue weighted by Crippen LogP contribution is -2.37. The summed E-state index contributed by atoms with van der Waals surface area (Å²) < 4.78 is 36.1. The Kier molecular flexibility index (Phi) is 6.53. The average molecular weight is 470 g/mol. The number of rotatable bonds is 5. The van der Waals surface area contributed by atoms with Crippen molar-refractivity contribution in [1.29, 1.82) is 0 Å². The van der Waals surface area contributed by atoms with Crippen LogP contribution in [-0.2, 0) is 10.0 Å². The summed E-state index contributed by atoms with van der Waals surface area (Å²) in [4.78, 5) is 20.1. The van der Waals surface area contributed by atoms with E-state index in [2.05, 4.69) is 0 Å². The second kappa shape index (κ2) is 9.36. The van der Waals surface area contributed by atoms with E-state index >= 15 is 0 Å². The number of nitrogens with zero attached hydrogens (tertiary/aromatic N) is 3. The van der Waals surface area contributed by atoms with Gasteiger partial charge < -0.3 is 14.4 Å². The van der Waals surface area contributed by atoms with Crippen molar-refractivity contribution in [3.8, 4) is 22.8 Å². The van der Waals surface area contributed by atoms with Gasteiger partial charge in [0.2, 0.25) is 10.0 Å². The number of benzene rings is 2. The lowest BCUT2D eigenvalue weighted by atomic mass is 10.0. The minimum Gasteiger partial charge on any atom is -0.493 e. The van der Waals surface area contributed by atoms with Crippen LogP contribution >= 0.6 is 0 Å². The van der Waals surface area contributed by atoms with Crippen LogP contribution in [0.1, 0.15) is 16.8 Å². The fourth-order valence-electron chi connectivity index (χ4n) is 4.09. The Morgan fingerprint density at radius 3 is 2.42 bits per heavy atom. The van der Waals surface area contributed by atoms with E-state index in [0.717, 1.165) is 10.9 Å². The van der Waals surface area contributed by atoms with Crippen LogP contribution in [0.2, 0.25) is 0 Å². The first kappa shape index (κ1) is 23.0. The summed E-state index contributed by atoms with van der Waals surface area (Å²) in [6.45, 7) is 1.54. The minimum absolute atomic E-state index is 0.134. The van der Waals surface area contributed by atoms with Gasteiger partial charge in [0.25, 0.3) is 5.91 Å². The van der Waals surface area contributed by atoms with Gasteiger partial charge in [0, 0.05) is 37.1 Å². The van der Waals surface area contributed by atoms with Gasteiger partial charge in [-0.2, -0.15) is 0 Å². The zero-order chi connectivity index (χ0) is 23.6. The number of hydrogen-bond acceptors (Lipinski definition) is 6. The van der Waals surface area contributed by atoms with Gasteiger partial charge in [-0.3, -0.25) is 4.79 Å². The molecule has 0 radical (unpaired) electrons. The maximum atomic E-state index is 13.6. The highest BCUT2D eigenvalue weighted by Gasteiger charge is 2.26. The van der Waals surface area contributed by atoms with Crippen LogP contribution in [0, 0.1) is 0 Å². The number of carbonyl (C=O) groups is 1. The number of fused-ring (bicyclic) bond motifs is 1. The first-order chi connectivity index (χ1) is 15.8. The number of aromatic nitrogens is 1. The quantitative estimate of drug-likeness (QED) is 0.571. The van der Waals surface area contributed by atoms with Gasteiger partial charge in [-0.05, 0) is 36.8 Å². The second-order valence-electron chi connectivity index (χ2n) is 7.95. The van der Waals surface area contributed by atoms with E-state index in [-0.39, 0.29) is 12.5 Å². The normalized spacial score (nSPS) is 15.3.